The molecular formula is C9H8F3NO. The highest BCUT2D eigenvalue weighted by Gasteiger charge is 2.38. The average Bonchev–Trinajstić information content (AvgIpc) is 2.07. The monoisotopic (exact) mass is 203 g/mol. The van der Waals surface area contributed by atoms with Gasteiger partial charge in [0.05, 0.1) is 0 Å². The fourth-order valence-corrected chi connectivity index (χ4v) is 1.10. The maximum absolute atomic E-state index is 12.3. The summed E-state index contributed by atoms with van der Waals surface area (Å²) < 4.78 is 36.9. The van der Waals surface area contributed by atoms with Crippen LogP contribution in [0.1, 0.15) is 11.1 Å². The number of aryl methyl sites for hydroxylation is 1. The molecule has 76 valence electrons. The van der Waals surface area contributed by atoms with Crippen molar-refractivity contribution in [2.24, 2.45) is 5.16 Å². The lowest BCUT2D eigenvalue weighted by atomic mass is 10.0. The van der Waals surface area contributed by atoms with Crippen LogP contribution in [0, 0.1) is 6.92 Å². The van der Waals surface area contributed by atoms with E-state index in [1.165, 1.54) is 25.1 Å². The highest BCUT2D eigenvalue weighted by Crippen LogP contribution is 2.24. The van der Waals surface area contributed by atoms with Crippen molar-refractivity contribution in [3.8, 4) is 0 Å². The molecule has 0 amide bonds. The van der Waals surface area contributed by atoms with Gasteiger partial charge in [0.1, 0.15) is 0 Å². The SMILES string of the molecule is Cc1ccccc1/C(=N\O)C(F)(F)F. The molecule has 1 aromatic rings. The summed E-state index contributed by atoms with van der Waals surface area (Å²) in [5, 5.41) is 10.6. The van der Waals surface area contributed by atoms with E-state index in [-0.39, 0.29) is 5.56 Å². The summed E-state index contributed by atoms with van der Waals surface area (Å²) in [5.41, 5.74) is -0.962. The topological polar surface area (TPSA) is 32.6 Å². The lowest BCUT2D eigenvalue weighted by Gasteiger charge is -2.10. The summed E-state index contributed by atoms with van der Waals surface area (Å²) in [6.07, 6.45) is -4.64. The maximum atomic E-state index is 12.3. The largest absolute Gasteiger partial charge is 0.437 e. The van der Waals surface area contributed by atoms with Gasteiger partial charge >= 0.3 is 6.18 Å². The third-order valence-electron chi connectivity index (χ3n) is 1.77. The van der Waals surface area contributed by atoms with Crippen molar-refractivity contribution in [1.29, 1.82) is 0 Å². The van der Waals surface area contributed by atoms with Gasteiger partial charge in [-0.3, -0.25) is 0 Å². The number of alkyl halides is 3. The molecule has 0 radical (unpaired) electrons. The van der Waals surface area contributed by atoms with E-state index in [1.807, 2.05) is 0 Å². The Bertz CT molecular complexity index is 357. The Morgan fingerprint density at radius 2 is 1.86 bits per heavy atom. The molecule has 0 spiro atoms. The number of rotatable bonds is 1. The van der Waals surface area contributed by atoms with Crippen LogP contribution in [-0.4, -0.2) is 17.1 Å². The molecule has 5 heteroatoms. The fraction of sp³-hybridized carbons (Fsp3) is 0.222. The Morgan fingerprint density at radius 1 is 1.29 bits per heavy atom. The lowest BCUT2D eigenvalue weighted by Crippen LogP contribution is -2.24. The number of hydrogen-bond donors (Lipinski definition) is 1. The smallest absolute Gasteiger partial charge is 0.410 e. The highest BCUT2D eigenvalue weighted by atomic mass is 19.4. The third kappa shape index (κ3) is 2.04. The minimum Gasteiger partial charge on any atom is -0.410 e. The quantitative estimate of drug-likeness (QED) is 0.425. The molecule has 0 heterocycles. The zero-order valence-corrected chi connectivity index (χ0v) is 7.34. The first-order valence-electron chi connectivity index (χ1n) is 3.82. The first kappa shape index (κ1) is 10.6. The Morgan fingerprint density at radius 3 is 2.29 bits per heavy atom. The van der Waals surface area contributed by atoms with Crippen LogP contribution >= 0.6 is 0 Å². The second-order valence-electron chi connectivity index (χ2n) is 2.76. The molecule has 1 aromatic carbocycles. The zero-order valence-electron chi connectivity index (χ0n) is 7.34. The molecular weight excluding hydrogens is 195 g/mol. The van der Waals surface area contributed by atoms with Gasteiger partial charge in [0.2, 0.25) is 0 Å². The van der Waals surface area contributed by atoms with Crippen molar-refractivity contribution in [2.45, 2.75) is 13.1 Å². The molecule has 0 aromatic heterocycles. The second kappa shape index (κ2) is 3.69. The molecule has 14 heavy (non-hydrogen) atoms. The molecule has 0 fully saturated rings. The Labute approximate surface area is 78.7 Å². The van der Waals surface area contributed by atoms with Gasteiger partial charge in [-0.25, -0.2) is 0 Å². The summed E-state index contributed by atoms with van der Waals surface area (Å²) in [7, 11) is 0. The first-order valence-corrected chi connectivity index (χ1v) is 3.82. The van der Waals surface area contributed by atoms with Crippen LogP contribution in [0.25, 0.3) is 0 Å². The van der Waals surface area contributed by atoms with E-state index < -0.39 is 11.9 Å². The summed E-state index contributed by atoms with van der Waals surface area (Å²) in [6.45, 7) is 1.52. The van der Waals surface area contributed by atoms with Crippen LogP contribution < -0.4 is 0 Å². The van der Waals surface area contributed by atoms with Gasteiger partial charge in [-0.05, 0) is 12.5 Å². The second-order valence-corrected chi connectivity index (χ2v) is 2.76. The van der Waals surface area contributed by atoms with Crippen molar-refractivity contribution in [3.05, 3.63) is 35.4 Å². The van der Waals surface area contributed by atoms with Crippen LogP contribution in [0.15, 0.2) is 29.4 Å². The lowest BCUT2D eigenvalue weighted by molar-refractivity contribution is -0.0601. The molecule has 0 aliphatic carbocycles. The van der Waals surface area contributed by atoms with Gasteiger partial charge in [-0.1, -0.05) is 29.4 Å². The molecule has 1 N–H and O–H groups in total. The van der Waals surface area contributed by atoms with E-state index in [2.05, 4.69) is 5.16 Å². The van der Waals surface area contributed by atoms with Gasteiger partial charge in [0.15, 0.2) is 5.71 Å². The number of halogens is 3. The predicted molar refractivity (Wildman–Crippen MR) is 45.6 cm³/mol. The van der Waals surface area contributed by atoms with E-state index in [0.29, 0.717) is 5.56 Å². The van der Waals surface area contributed by atoms with Crippen LogP contribution in [-0.2, 0) is 0 Å². The minimum absolute atomic E-state index is 0.109. The number of nitrogens with zero attached hydrogens (tertiary/aromatic N) is 1. The van der Waals surface area contributed by atoms with Crippen LogP contribution in [0.2, 0.25) is 0 Å². The van der Waals surface area contributed by atoms with Crippen LogP contribution in [0.4, 0.5) is 13.2 Å². The summed E-state index contributed by atoms with van der Waals surface area (Å²) in [4.78, 5) is 0. The summed E-state index contributed by atoms with van der Waals surface area (Å²) in [5.74, 6) is 0. The normalized spacial score (nSPS) is 13.0. The van der Waals surface area contributed by atoms with E-state index in [9.17, 15) is 13.2 Å². The molecule has 0 saturated carbocycles. The van der Waals surface area contributed by atoms with E-state index in [0.717, 1.165) is 0 Å². The van der Waals surface area contributed by atoms with E-state index in [1.54, 1.807) is 6.07 Å². The molecule has 1 rings (SSSR count). The standard InChI is InChI=1S/C9H8F3NO/c1-6-4-2-3-5-7(6)8(13-14)9(10,11)12/h2-5,14H,1H3/b13-8+. The Balaban J connectivity index is 3.23. The van der Waals surface area contributed by atoms with E-state index >= 15 is 0 Å². The van der Waals surface area contributed by atoms with Crippen molar-refractivity contribution in [2.75, 3.05) is 0 Å². The highest BCUT2D eigenvalue weighted by molar-refractivity contribution is 6.05. The predicted octanol–water partition coefficient (Wildman–Crippen LogP) is 2.74. The van der Waals surface area contributed by atoms with Gasteiger partial charge in [-0.2, -0.15) is 13.2 Å². The van der Waals surface area contributed by atoms with Crippen LogP contribution in [0.5, 0.6) is 0 Å². The van der Waals surface area contributed by atoms with Gasteiger partial charge in [-0.15, -0.1) is 0 Å². The molecule has 0 aliphatic heterocycles. The van der Waals surface area contributed by atoms with Crippen LogP contribution in [0.3, 0.4) is 0 Å². The molecule has 0 bridgehead atoms. The van der Waals surface area contributed by atoms with Crippen molar-refractivity contribution in [1.82, 2.24) is 0 Å². The maximum Gasteiger partial charge on any atom is 0.437 e. The molecule has 2 nitrogen and oxygen atoms in total. The van der Waals surface area contributed by atoms with Crippen molar-refractivity contribution >= 4 is 5.71 Å². The number of oxime groups is 1. The van der Waals surface area contributed by atoms with Gasteiger partial charge in [0.25, 0.3) is 0 Å². The molecule has 0 saturated heterocycles. The summed E-state index contributed by atoms with van der Waals surface area (Å²) in [6, 6.07) is 5.85. The van der Waals surface area contributed by atoms with Crippen molar-refractivity contribution < 1.29 is 18.4 Å². The number of benzene rings is 1. The van der Waals surface area contributed by atoms with Gasteiger partial charge < -0.3 is 5.21 Å². The number of hydrogen-bond acceptors (Lipinski definition) is 2. The summed E-state index contributed by atoms with van der Waals surface area (Å²) >= 11 is 0. The fourth-order valence-electron chi connectivity index (χ4n) is 1.10. The Kier molecular flexibility index (Phi) is 2.78. The zero-order chi connectivity index (χ0) is 10.8. The molecule has 0 aliphatic rings. The minimum atomic E-state index is -4.64. The average molecular weight is 203 g/mol. The molecule has 0 unspecified atom stereocenters. The Hall–Kier alpha value is -1.52. The van der Waals surface area contributed by atoms with E-state index in [4.69, 9.17) is 5.21 Å². The van der Waals surface area contributed by atoms with Gasteiger partial charge in [0, 0.05) is 5.56 Å². The first-order chi connectivity index (χ1) is 6.46. The van der Waals surface area contributed by atoms with Crippen molar-refractivity contribution in [3.63, 3.8) is 0 Å². The third-order valence-corrected chi connectivity index (χ3v) is 1.77. The molecule has 0 atom stereocenters.